The van der Waals surface area contributed by atoms with Crippen LogP contribution in [0.1, 0.15) is 24.4 Å². The zero-order chi connectivity index (χ0) is 13.6. The van der Waals surface area contributed by atoms with Crippen molar-refractivity contribution in [1.29, 1.82) is 0 Å². The number of halogens is 4. The molecule has 1 aromatic carbocycles. The standard InChI is InChI=1S/C12H11F4NO2/c13-8-3-7(19-12(14,15)16)5-10-11(8)9-4-6(18-10)1-2-17-9/h3,5-6,9,17H,1-2,4H2/t6-,9+/m0/s1. The van der Waals surface area contributed by atoms with E-state index in [0.717, 1.165) is 18.6 Å². The van der Waals surface area contributed by atoms with Crippen molar-refractivity contribution in [3.8, 4) is 11.5 Å². The summed E-state index contributed by atoms with van der Waals surface area (Å²) in [6, 6.07) is 1.63. The van der Waals surface area contributed by atoms with Gasteiger partial charge in [0.2, 0.25) is 0 Å². The molecule has 1 fully saturated rings. The Morgan fingerprint density at radius 1 is 1.32 bits per heavy atom. The summed E-state index contributed by atoms with van der Waals surface area (Å²) in [6.07, 6.45) is -3.55. The maximum Gasteiger partial charge on any atom is 0.573 e. The normalized spacial score (nSPS) is 25.5. The molecule has 2 bridgehead atoms. The molecule has 104 valence electrons. The highest BCUT2D eigenvalue weighted by atomic mass is 19.4. The third kappa shape index (κ3) is 2.47. The molecule has 1 aromatic rings. The van der Waals surface area contributed by atoms with Gasteiger partial charge in [-0.1, -0.05) is 0 Å². The summed E-state index contributed by atoms with van der Waals surface area (Å²) >= 11 is 0. The fraction of sp³-hybridized carbons (Fsp3) is 0.500. The average molecular weight is 277 g/mol. The van der Waals surface area contributed by atoms with Crippen LogP contribution in [0.4, 0.5) is 17.6 Å². The molecule has 2 aliphatic rings. The van der Waals surface area contributed by atoms with E-state index < -0.39 is 17.9 Å². The minimum Gasteiger partial charge on any atom is -0.490 e. The monoisotopic (exact) mass is 277 g/mol. The van der Waals surface area contributed by atoms with Crippen LogP contribution in [-0.4, -0.2) is 19.0 Å². The van der Waals surface area contributed by atoms with Crippen LogP contribution in [0.15, 0.2) is 12.1 Å². The van der Waals surface area contributed by atoms with Gasteiger partial charge in [0.05, 0.1) is 0 Å². The van der Waals surface area contributed by atoms with Gasteiger partial charge in [-0.15, -0.1) is 13.2 Å². The van der Waals surface area contributed by atoms with Crippen LogP contribution >= 0.6 is 0 Å². The molecule has 2 aliphatic heterocycles. The highest BCUT2D eigenvalue weighted by Crippen LogP contribution is 2.42. The van der Waals surface area contributed by atoms with E-state index in [0.29, 0.717) is 13.0 Å². The van der Waals surface area contributed by atoms with Crippen molar-refractivity contribution in [3.63, 3.8) is 0 Å². The molecule has 2 heterocycles. The van der Waals surface area contributed by atoms with E-state index >= 15 is 0 Å². The molecule has 1 saturated heterocycles. The van der Waals surface area contributed by atoms with Gasteiger partial charge in [0.25, 0.3) is 0 Å². The average Bonchev–Trinajstić information content (AvgIpc) is 2.25. The lowest BCUT2D eigenvalue weighted by Crippen LogP contribution is -2.41. The molecule has 19 heavy (non-hydrogen) atoms. The number of hydrogen-bond donors (Lipinski definition) is 1. The van der Waals surface area contributed by atoms with Gasteiger partial charge in [0.1, 0.15) is 23.4 Å². The Morgan fingerprint density at radius 2 is 2.11 bits per heavy atom. The zero-order valence-electron chi connectivity index (χ0n) is 9.76. The van der Waals surface area contributed by atoms with E-state index in [2.05, 4.69) is 10.1 Å². The van der Waals surface area contributed by atoms with Crippen LogP contribution in [0.3, 0.4) is 0 Å². The Balaban J connectivity index is 1.97. The predicted octanol–water partition coefficient (Wildman–Crippen LogP) is 2.91. The molecule has 1 N–H and O–H groups in total. The Labute approximate surface area is 106 Å². The van der Waals surface area contributed by atoms with E-state index in [9.17, 15) is 17.6 Å². The Hall–Kier alpha value is -1.50. The van der Waals surface area contributed by atoms with Crippen molar-refractivity contribution in [2.75, 3.05) is 6.54 Å². The van der Waals surface area contributed by atoms with E-state index in [1.807, 2.05) is 0 Å². The Morgan fingerprint density at radius 3 is 2.84 bits per heavy atom. The number of fused-ring (bicyclic) bond motifs is 4. The summed E-state index contributed by atoms with van der Waals surface area (Å²) in [7, 11) is 0. The van der Waals surface area contributed by atoms with Crippen LogP contribution in [0, 0.1) is 5.82 Å². The second-order valence-corrected chi connectivity index (χ2v) is 4.64. The molecule has 0 saturated carbocycles. The van der Waals surface area contributed by atoms with Gasteiger partial charge in [-0.25, -0.2) is 4.39 Å². The van der Waals surface area contributed by atoms with Crippen LogP contribution < -0.4 is 14.8 Å². The molecule has 3 nitrogen and oxygen atoms in total. The molecule has 0 spiro atoms. The lowest BCUT2D eigenvalue weighted by molar-refractivity contribution is -0.274. The smallest absolute Gasteiger partial charge is 0.490 e. The van der Waals surface area contributed by atoms with Gasteiger partial charge >= 0.3 is 6.36 Å². The van der Waals surface area contributed by atoms with Gasteiger partial charge in [-0.2, -0.15) is 0 Å². The van der Waals surface area contributed by atoms with Crippen LogP contribution in [0.25, 0.3) is 0 Å². The minimum atomic E-state index is -4.84. The number of ether oxygens (including phenoxy) is 2. The highest BCUT2D eigenvalue weighted by Gasteiger charge is 2.36. The number of alkyl halides is 3. The van der Waals surface area contributed by atoms with Crippen LogP contribution in [-0.2, 0) is 0 Å². The molecule has 0 unspecified atom stereocenters. The Kier molecular flexibility index (Phi) is 2.81. The van der Waals surface area contributed by atoms with Crippen molar-refractivity contribution in [2.45, 2.75) is 31.3 Å². The fourth-order valence-corrected chi connectivity index (χ4v) is 2.59. The third-order valence-electron chi connectivity index (χ3n) is 3.30. The van der Waals surface area contributed by atoms with Crippen molar-refractivity contribution in [2.24, 2.45) is 0 Å². The third-order valence-corrected chi connectivity index (χ3v) is 3.30. The summed E-state index contributed by atoms with van der Waals surface area (Å²) in [6.45, 7) is 0.703. The molecule has 0 radical (unpaired) electrons. The molecule has 0 amide bonds. The fourth-order valence-electron chi connectivity index (χ4n) is 2.59. The summed E-state index contributed by atoms with van der Waals surface area (Å²) < 4.78 is 59.6. The van der Waals surface area contributed by atoms with E-state index in [-0.39, 0.29) is 23.5 Å². The van der Waals surface area contributed by atoms with Crippen molar-refractivity contribution in [3.05, 3.63) is 23.5 Å². The predicted molar refractivity (Wildman–Crippen MR) is 57.5 cm³/mol. The minimum absolute atomic E-state index is 0.0840. The SMILES string of the molecule is Fc1cc(OC(F)(F)F)cc2c1[C@H]1C[C@H](CCN1)O2. The van der Waals surface area contributed by atoms with Crippen molar-refractivity contribution >= 4 is 0 Å². The van der Waals surface area contributed by atoms with Crippen LogP contribution in [0.2, 0.25) is 0 Å². The second-order valence-electron chi connectivity index (χ2n) is 4.64. The maximum absolute atomic E-state index is 13.9. The molecular weight excluding hydrogens is 266 g/mol. The summed E-state index contributed by atoms with van der Waals surface area (Å²) in [4.78, 5) is 0. The lowest BCUT2D eigenvalue weighted by atomic mass is 9.91. The molecule has 3 rings (SSSR count). The number of rotatable bonds is 1. The van der Waals surface area contributed by atoms with Gasteiger partial charge < -0.3 is 14.8 Å². The number of piperidine rings is 1. The highest BCUT2D eigenvalue weighted by molar-refractivity contribution is 5.45. The molecular formula is C12H11F4NO2. The second kappa shape index (κ2) is 4.26. The van der Waals surface area contributed by atoms with E-state index in [4.69, 9.17) is 4.74 Å². The lowest BCUT2D eigenvalue weighted by Gasteiger charge is -2.37. The summed E-state index contributed by atoms with van der Waals surface area (Å²) in [5.74, 6) is -1.20. The Bertz CT molecular complexity index is 503. The van der Waals surface area contributed by atoms with Crippen molar-refractivity contribution in [1.82, 2.24) is 5.32 Å². The summed E-state index contributed by atoms with van der Waals surface area (Å²) in [5.41, 5.74) is 0.283. The molecule has 7 heteroatoms. The number of hydrogen-bond acceptors (Lipinski definition) is 3. The number of benzene rings is 1. The largest absolute Gasteiger partial charge is 0.573 e. The maximum atomic E-state index is 13.9. The first-order valence-corrected chi connectivity index (χ1v) is 5.91. The first kappa shape index (κ1) is 12.5. The summed E-state index contributed by atoms with van der Waals surface area (Å²) in [5, 5.41) is 3.13. The van der Waals surface area contributed by atoms with Gasteiger partial charge in [-0.05, 0) is 13.0 Å². The first-order valence-electron chi connectivity index (χ1n) is 5.91. The van der Waals surface area contributed by atoms with Gasteiger partial charge in [-0.3, -0.25) is 0 Å². The number of nitrogens with one attached hydrogen (secondary N) is 1. The van der Waals surface area contributed by atoms with E-state index in [1.165, 1.54) is 0 Å². The first-order chi connectivity index (χ1) is 8.92. The quantitative estimate of drug-likeness (QED) is 0.801. The van der Waals surface area contributed by atoms with Crippen molar-refractivity contribution < 1.29 is 27.0 Å². The van der Waals surface area contributed by atoms with E-state index in [1.54, 1.807) is 0 Å². The molecule has 0 aromatic heterocycles. The van der Waals surface area contributed by atoms with Gasteiger partial charge in [0, 0.05) is 30.2 Å². The zero-order valence-corrected chi connectivity index (χ0v) is 9.76. The molecule has 2 atom stereocenters. The molecule has 0 aliphatic carbocycles. The van der Waals surface area contributed by atoms with Crippen LogP contribution in [0.5, 0.6) is 11.5 Å². The van der Waals surface area contributed by atoms with Gasteiger partial charge in [0.15, 0.2) is 0 Å². The topological polar surface area (TPSA) is 30.5 Å².